The summed E-state index contributed by atoms with van der Waals surface area (Å²) in [4.78, 5) is 61.8. The summed E-state index contributed by atoms with van der Waals surface area (Å²) in [6, 6.07) is 4.77. The van der Waals surface area contributed by atoms with Gasteiger partial charge >= 0.3 is 5.69 Å². The Morgan fingerprint density at radius 2 is 1.78 bits per heavy atom. The molecule has 4 unspecified atom stereocenters. The summed E-state index contributed by atoms with van der Waals surface area (Å²) >= 11 is 0. The van der Waals surface area contributed by atoms with Crippen LogP contribution in [0.25, 0.3) is 16.7 Å². The van der Waals surface area contributed by atoms with Crippen molar-refractivity contribution in [2.24, 2.45) is 13.0 Å². The fourth-order valence-corrected chi connectivity index (χ4v) is 10.7. The van der Waals surface area contributed by atoms with Gasteiger partial charge in [0.25, 0.3) is 18.3 Å². The maximum Gasteiger partial charge on any atom is 0.329 e. The van der Waals surface area contributed by atoms with Crippen LogP contribution in [0.2, 0.25) is 0 Å². The molecule has 4 atom stereocenters. The highest BCUT2D eigenvalue weighted by molar-refractivity contribution is 6.08. The number of carbonyl (C=O) groups excluding carboxylic acids is 3. The molecule has 5 fully saturated rings. The number of imidazole rings is 1. The Hall–Kier alpha value is -5.83. The average Bonchev–Trinajstić information content (AvgIpc) is 4.04. The summed E-state index contributed by atoms with van der Waals surface area (Å²) in [6.45, 7) is 1.55. The molecule has 2 bridgehead atoms. The number of fused-ring (bicyclic) bond motifs is 4. The van der Waals surface area contributed by atoms with E-state index in [1.54, 1.807) is 48.3 Å². The number of imide groups is 1. The van der Waals surface area contributed by atoms with Crippen molar-refractivity contribution >= 4 is 51.6 Å². The van der Waals surface area contributed by atoms with Crippen LogP contribution in [0.3, 0.4) is 0 Å². The number of carbonyl (C=O) groups is 3. The van der Waals surface area contributed by atoms with Crippen LogP contribution in [-0.2, 0) is 21.4 Å². The number of anilines is 3. The second-order valence-corrected chi connectivity index (χ2v) is 18.1. The number of hydrogen-bond donors (Lipinski definition) is 2. The number of piperidine rings is 2. The van der Waals surface area contributed by atoms with Gasteiger partial charge in [0.1, 0.15) is 17.4 Å². The minimum atomic E-state index is -3.11. The lowest BCUT2D eigenvalue weighted by Crippen LogP contribution is -2.58. The zero-order valence-corrected chi connectivity index (χ0v) is 35.5. The van der Waals surface area contributed by atoms with Gasteiger partial charge in [-0.3, -0.25) is 38.4 Å². The first kappa shape index (κ1) is 42.1. The summed E-state index contributed by atoms with van der Waals surface area (Å²) in [7, 11) is 3.27. The SMILES string of the molecule is CN(CC1CCC(n2cc(NC(=O)c3cnn4ccc(N5CC6CCC(C5)O6)nc34)c(C(F)F)n2)CC1)C1CCN(c2cccc3c2n(C)c(=O)n3C2CCC(=O)NC2=O)CC1(F)F. The first-order chi connectivity index (χ1) is 30.7. The zero-order valence-electron chi connectivity index (χ0n) is 35.5. The van der Waals surface area contributed by atoms with Gasteiger partial charge in [-0.1, -0.05) is 6.07 Å². The van der Waals surface area contributed by atoms with Crippen molar-refractivity contribution in [2.75, 3.05) is 54.9 Å². The van der Waals surface area contributed by atoms with E-state index in [-0.39, 0.29) is 54.7 Å². The standard InChI is InChI=1S/C43H50F4N12O5/c1-53(33-14-16-55(23-43(33,46)47)30-4-3-5-31-37(30)54(2)42(63)59(31)32-12-13-35(60)51-41(32)62)19-24-6-8-25(9-7-24)58-22-29(36(52-58)38(44)45)49-40(61)28-18-48-57-17-15-34(50-39(28)57)56-20-26-10-11-27(21-56)64-26/h3-5,15,17-18,22,24-27,32-33,38H,6-14,16,19-21,23H2,1-2H3,(H,49,61)(H,51,60,62). The normalized spacial score (nSPS) is 26.1. The molecule has 5 aliphatic rings. The minimum absolute atomic E-state index is 0.0878. The van der Waals surface area contributed by atoms with Gasteiger partial charge in [0.15, 0.2) is 11.3 Å². The van der Waals surface area contributed by atoms with E-state index in [1.165, 1.54) is 30.7 Å². The highest BCUT2D eigenvalue weighted by atomic mass is 19.3. The largest absolute Gasteiger partial charge is 0.371 e. The van der Waals surface area contributed by atoms with Crippen molar-refractivity contribution in [2.45, 2.75) is 100 Å². The second-order valence-electron chi connectivity index (χ2n) is 18.1. The molecular weight excluding hydrogens is 841 g/mol. The summed E-state index contributed by atoms with van der Waals surface area (Å²) in [5.41, 5.74) is 0.681. The molecule has 1 aromatic carbocycles. The highest BCUT2D eigenvalue weighted by Crippen LogP contribution is 2.40. The molecule has 4 aliphatic heterocycles. The Morgan fingerprint density at radius 3 is 2.50 bits per heavy atom. The number of aromatic nitrogens is 7. The summed E-state index contributed by atoms with van der Waals surface area (Å²) in [5, 5.41) is 13.4. The molecule has 64 heavy (non-hydrogen) atoms. The molecule has 4 aromatic heterocycles. The maximum absolute atomic E-state index is 16.2. The van der Waals surface area contributed by atoms with Gasteiger partial charge in [-0.25, -0.2) is 31.9 Å². The molecule has 2 N–H and O–H groups in total. The number of alkyl halides is 4. The molecule has 21 heteroatoms. The van der Waals surface area contributed by atoms with E-state index in [1.807, 2.05) is 6.07 Å². The molecule has 1 aliphatic carbocycles. The lowest BCUT2D eigenvalue weighted by atomic mass is 9.85. The maximum atomic E-state index is 16.2. The van der Waals surface area contributed by atoms with Gasteiger partial charge in [-0.15, -0.1) is 0 Å². The smallest absolute Gasteiger partial charge is 0.329 e. The average molecular weight is 891 g/mol. The molecule has 0 radical (unpaired) electrons. The number of morpholine rings is 1. The molecule has 0 spiro atoms. The van der Waals surface area contributed by atoms with Crippen LogP contribution in [0, 0.1) is 5.92 Å². The van der Waals surface area contributed by atoms with Crippen molar-refractivity contribution < 1.29 is 36.7 Å². The number of aryl methyl sites for hydroxylation is 1. The minimum Gasteiger partial charge on any atom is -0.371 e. The van der Waals surface area contributed by atoms with Crippen LogP contribution >= 0.6 is 0 Å². The first-order valence-electron chi connectivity index (χ1n) is 22.0. The number of nitrogens with one attached hydrogen (secondary N) is 2. The molecule has 17 nitrogen and oxygen atoms in total. The van der Waals surface area contributed by atoms with E-state index in [2.05, 4.69) is 25.7 Å². The van der Waals surface area contributed by atoms with Gasteiger partial charge in [-0.05, 0) is 82.5 Å². The molecule has 340 valence electrons. The molecule has 4 saturated heterocycles. The third-order valence-corrected chi connectivity index (χ3v) is 14.0. The van der Waals surface area contributed by atoms with Crippen molar-refractivity contribution in [1.82, 2.24) is 43.7 Å². The molecule has 8 heterocycles. The van der Waals surface area contributed by atoms with Crippen LogP contribution in [-0.4, -0.2) is 120 Å². The third kappa shape index (κ3) is 7.58. The molecule has 1 saturated carbocycles. The lowest BCUT2D eigenvalue weighted by molar-refractivity contribution is -0.135. The fourth-order valence-electron chi connectivity index (χ4n) is 10.7. The number of rotatable bonds is 10. The molecular formula is C43H50F4N12O5. The Labute approximate surface area is 364 Å². The monoisotopic (exact) mass is 890 g/mol. The zero-order chi connectivity index (χ0) is 44.6. The summed E-state index contributed by atoms with van der Waals surface area (Å²) in [5.74, 6) is -3.94. The van der Waals surface area contributed by atoms with E-state index < -0.39 is 60.1 Å². The van der Waals surface area contributed by atoms with Crippen molar-refractivity contribution in [3.63, 3.8) is 0 Å². The van der Waals surface area contributed by atoms with E-state index in [4.69, 9.17) is 9.72 Å². The van der Waals surface area contributed by atoms with Crippen LogP contribution in [0.5, 0.6) is 0 Å². The van der Waals surface area contributed by atoms with Crippen LogP contribution < -0.4 is 26.1 Å². The highest BCUT2D eigenvalue weighted by Gasteiger charge is 2.48. The number of nitrogens with zero attached hydrogens (tertiary/aromatic N) is 10. The van der Waals surface area contributed by atoms with E-state index in [0.29, 0.717) is 80.0 Å². The molecule has 3 amide bonds. The summed E-state index contributed by atoms with van der Waals surface area (Å²) in [6.07, 6.45) is 6.80. The van der Waals surface area contributed by atoms with Gasteiger partial charge in [0, 0.05) is 52.0 Å². The Kier molecular flexibility index (Phi) is 10.7. The number of ether oxygens (including phenoxy) is 1. The number of benzene rings is 1. The van der Waals surface area contributed by atoms with Crippen LogP contribution in [0.4, 0.5) is 34.8 Å². The number of hydrogen-bond acceptors (Lipinski definition) is 11. The predicted molar refractivity (Wildman–Crippen MR) is 226 cm³/mol. The Balaban J connectivity index is 0.770. The topological polar surface area (TPSA) is 169 Å². The van der Waals surface area contributed by atoms with Crippen molar-refractivity contribution in [1.29, 1.82) is 0 Å². The fraction of sp³-hybridized carbons (Fsp3) is 0.558. The van der Waals surface area contributed by atoms with Gasteiger partial charge < -0.3 is 19.9 Å². The van der Waals surface area contributed by atoms with E-state index >= 15 is 8.78 Å². The summed E-state index contributed by atoms with van der Waals surface area (Å²) < 4.78 is 72.7. The van der Waals surface area contributed by atoms with E-state index in [9.17, 15) is 28.0 Å². The first-order valence-corrected chi connectivity index (χ1v) is 22.0. The van der Waals surface area contributed by atoms with Gasteiger partial charge in [-0.2, -0.15) is 10.2 Å². The number of halogens is 4. The Morgan fingerprint density at radius 1 is 1.02 bits per heavy atom. The molecule has 5 aromatic rings. The Bertz CT molecular complexity index is 2680. The molecule has 10 rings (SSSR count). The van der Waals surface area contributed by atoms with Crippen molar-refractivity contribution in [3.05, 3.63) is 64.6 Å². The number of amides is 3. The number of para-hydroxylation sites is 1. The third-order valence-electron chi connectivity index (χ3n) is 14.0. The van der Waals surface area contributed by atoms with Crippen LogP contribution in [0.1, 0.15) is 92.3 Å². The predicted octanol–water partition coefficient (Wildman–Crippen LogP) is 4.69. The van der Waals surface area contributed by atoms with Crippen LogP contribution in [0.15, 0.2) is 47.7 Å². The van der Waals surface area contributed by atoms with Gasteiger partial charge in [0.05, 0.1) is 59.4 Å². The quantitative estimate of drug-likeness (QED) is 0.148. The second kappa shape index (κ2) is 16.3. The lowest BCUT2D eigenvalue weighted by Gasteiger charge is -2.44. The van der Waals surface area contributed by atoms with Crippen molar-refractivity contribution in [3.8, 4) is 0 Å². The van der Waals surface area contributed by atoms with E-state index in [0.717, 1.165) is 12.8 Å². The van der Waals surface area contributed by atoms with Gasteiger partial charge in [0.2, 0.25) is 11.8 Å².